The van der Waals surface area contributed by atoms with Gasteiger partial charge in [-0.1, -0.05) is 13.8 Å². The van der Waals surface area contributed by atoms with Crippen molar-refractivity contribution < 1.29 is 5.11 Å². The van der Waals surface area contributed by atoms with E-state index < -0.39 is 0 Å². The summed E-state index contributed by atoms with van der Waals surface area (Å²) in [5.74, 6) is 0. The fourth-order valence-corrected chi connectivity index (χ4v) is 2.65. The predicted octanol–water partition coefficient (Wildman–Crippen LogP) is 2.64. The van der Waals surface area contributed by atoms with E-state index in [1.165, 1.54) is 25.7 Å². The Morgan fingerprint density at radius 1 is 1.26 bits per heavy atom. The monoisotopic (exact) mass is 270 g/mol. The summed E-state index contributed by atoms with van der Waals surface area (Å²) in [5.41, 5.74) is 0.391. The number of rotatable bonds is 11. The minimum Gasteiger partial charge on any atom is -0.396 e. The first-order valence-electron chi connectivity index (χ1n) is 8.15. The van der Waals surface area contributed by atoms with Crippen LogP contribution in [-0.2, 0) is 0 Å². The molecule has 0 amide bonds. The first-order chi connectivity index (χ1) is 9.06. The first-order valence-corrected chi connectivity index (χ1v) is 8.15. The summed E-state index contributed by atoms with van der Waals surface area (Å²) in [5, 5.41) is 12.8. The minimum absolute atomic E-state index is 0.300. The van der Waals surface area contributed by atoms with E-state index >= 15 is 0 Å². The molecule has 0 bridgehead atoms. The maximum atomic E-state index is 9.06. The average Bonchev–Trinajstić information content (AvgIpc) is 3.22. The molecular formula is C16H34N2O. The van der Waals surface area contributed by atoms with Gasteiger partial charge in [0, 0.05) is 38.3 Å². The third-order valence-corrected chi connectivity index (χ3v) is 4.72. The highest BCUT2D eigenvalue weighted by molar-refractivity contribution is 4.89. The van der Waals surface area contributed by atoms with Gasteiger partial charge in [0.15, 0.2) is 0 Å². The molecule has 1 fully saturated rings. The van der Waals surface area contributed by atoms with Gasteiger partial charge in [0.05, 0.1) is 0 Å². The van der Waals surface area contributed by atoms with Gasteiger partial charge in [0.25, 0.3) is 0 Å². The van der Waals surface area contributed by atoms with Crippen molar-refractivity contribution in [3.63, 3.8) is 0 Å². The topological polar surface area (TPSA) is 35.5 Å². The summed E-state index contributed by atoms with van der Waals surface area (Å²) in [6.07, 6.45) is 6.07. The van der Waals surface area contributed by atoms with Gasteiger partial charge in [0.1, 0.15) is 0 Å². The lowest BCUT2D eigenvalue weighted by Crippen LogP contribution is -2.46. The smallest absolute Gasteiger partial charge is 0.0443 e. The van der Waals surface area contributed by atoms with Crippen molar-refractivity contribution in [1.82, 2.24) is 10.2 Å². The number of nitrogens with zero attached hydrogens (tertiary/aromatic N) is 1. The molecule has 0 radical (unpaired) electrons. The van der Waals surface area contributed by atoms with Crippen LogP contribution >= 0.6 is 0 Å². The van der Waals surface area contributed by atoms with Crippen molar-refractivity contribution in [2.75, 3.05) is 26.2 Å². The van der Waals surface area contributed by atoms with Gasteiger partial charge >= 0.3 is 0 Å². The van der Waals surface area contributed by atoms with Crippen molar-refractivity contribution in [2.24, 2.45) is 5.41 Å². The normalized spacial score (nSPS) is 16.6. The van der Waals surface area contributed by atoms with E-state index in [2.05, 4.69) is 37.9 Å². The molecule has 1 rings (SSSR count). The van der Waals surface area contributed by atoms with E-state index in [0.717, 1.165) is 32.1 Å². The Balaban J connectivity index is 2.55. The van der Waals surface area contributed by atoms with Crippen LogP contribution < -0.4 is 5.32 Å². The molecule has 0 atom stereocenters. The molecule has 1 saturated carbocycles. The van der Waals surface area contributed by atoms with Crippen LogP contribution in [0.5, 0.6) is 0 Å². The van der Waals surface area contributed by atoms with E-state index in [9.17, 15) is 0 Å². The van der Waals surface area contributed by atoms with Crippen molar-refractivity contribution in [2.45, 2.75) is 71.9 Å². The van der Waals surface area contributed by atoms with Gasteiger partial charge in [0.2, 0.25) is 0 Å². The van der Waals surface area contributed by atoms with Crippen LogP contribution in [0.25, 0.3) is 0 Å². The minimum atomic E-state index is 0.300. The highest BCUT2D eigenvalue weighted by atomic mass is 16.3. The van der Waals surface area contributed by atoms with Crippen LogP contribution in [0.2, 0.25) is 0 Å². The van der Waals surface area contributed by atoms with Crippen LogP contribution in [0, 0.1) is 5.41 Å². The maximum Gasteiger partial charge on any atom is 0.0443 e. The number of hydrogen-bond acceptors (Lipinski definition) is 3. The SMILES string of the molecule is CCC(CC)(CNC1CC1)CN(CCCO)C(C)C. The van der Waals surface area contributed by atoms with E-state index in [0.29, 0.717) is 18.1 Å². The van der Waals surface area contributed by atoms with Crippen molar-refractivity contribution in [3.05, 3.63) is 0 Å². The molecule has 3 nitrogen and oxygen atoms in total. The molecule has 0 saturated heterocycles. The zero-order valence-corrected chi connectivity index (χ0v) is 13.4. The van der Waals surface area contributed by atoms with E-state index in [1.54, 1.807) is 0 Å². The first kappa shape index (κ1) is 16.9. The number of aliphatic hydroxyl groups is 1. The summed E-state index contributed by atoms with van der Waals surface area (Å²) in [7, 11) is 0. The molecule has 0 aliphatic heterocycles. The van der Waals surface area contributed by atoms with Crippen LogP contribution in [0.4, 0.5) is 0 Å². The molecule has 0 heterocycles. The molecule has 2 N–H and O–H groups in total. The van der Waals surface area contributed by atoms with Crippen molar-refractivity contribution >= 4 is 0 Å². The Bertz CT molecular complexity index is 235. The molecule has 0 aromatic carbocycles. The van der Waals surface area contributed by atoms with E-state index in [1.807, 2.05) is 0 Å². The fourth-order valence-electron chi connectivity index (χ4n) is 2.65. The second-order valence-corrected chi connectivity index (χ2v) is 6.50. The lowest BCUT2D eigenvalue weighted by molar-refractivity contribution is 0.102. The lowest BCUT2D eigenvalue weighted by atomic mass is 9.81. The van der Waals surface area contributed by atoms with Crippen LogP contribution in [0.1, 0.15) is 59.8 Å². The molecule has 0 spiro atoms. The van der Waals surface area contributed by atoms with E-state index in [4.69, 9.17) is 5.11 Å². The highest BCUT2D eigenvalue weighted by Crippen LogP contribution is 2.30. The Morgan fingerprint density at radius 2 is 1.89 bits per heavy atom. The zero-order valence-electron chi connectivity index (χ0n) is 13.4. The Labute approximate surface area is 119 Å². The van der Waals surface area contributed by atoms with Crippen LogP contribution in [0.15, 0.2) is 0 Å². The molecule has 0 aromatic rings. The lowest BCUT2D eigenvalue weighted by Gasteiger charge is -2.39. The molecular weight excluding hydrogens is 236 g/mol. The van der Waals surface area contributed by atoms with Crippen LogP contribution in [0.3, 0.4) is 0 Å². The van der Waals surface area contributed by atoms with Gasteiger partial charge in [-0.25, -0.2) is 0 Å². The second kappa shape index (κ2) is 8.23. The second-order valence-electron chi connectivity index (χ2n) is 6.50. The third-order valence-electron chi connectivity index (χ3n) is 4.72. The summed E-state index contributed by atoms with van der Waals surface area (Å²) >= 11 is 0. The molecule has 3 heteroatoms. The Morgan fingerprint density at radius 3 is 2.32 bits per heavy atom. The zero-order chi connectivity index (χ0) is 14.3. The fraction of sp³-hybridized carbons (Fsp3) is 1.00. The summed E-state index contributed by atoms with van der Waals surface area (Å²) < 4.78 is 0. The molecule has 1 aliphatic rings. The summed E-state index contributed by atoms with van der Waals surface area (Å²) in [6.45, 7) is 12.8. The van der Waals surface area contributed by atoms with E-state index in [-0.39, 0.29) is 0 Å². The Kier molecular flexibility index (Phi) is 7.33. The molecule has 19 heavy (non-hydrogen) atoms. The molecule has 0 aromatic heterocycles. The van der Waals surface area contributed by atoms with Gasteiger partial charge < -0.3 is 15.3 Å². The Hall–Kier alpha value is -0.120. The predicted molar refractivity (Wildman–Crippen MR) is 82.5 cm³/mol. The largest absolute Gasteiger partial charge is 0.396 e. The van der Waals surface area contributed by atoms with Crippen molar-refractivity contribution in [3.8, 4) is 0 Å². The standard InChI is InChI=1S/C16H34N2O/c1-5-16(6-2,12-17-15-8-9-15)13-18(14(3)4)10-7-11-19/h14-15,17,19H,5-13H2,1-4H3. The van der Waals surface area contributed by atoms with Gasteiger partial charge in [-0.2, -0.15) is 0 Å². The van der Waals surface area contributed by atoms with Crippen LogP contribution in [-0.4, -0.2) is 48.3 Å². The number of nitrogens with one attached hydrogen (secondary N) is 1. The quantitative estimate of drug-likeness (QED) is 0.606. The average molecular weight is 270 g/mol. The van der Waals surface area contributed by atoms with Gasteiger partial charge in [-0.3, -0.25) is 0 Å². The van der Waals surface area contributed by atoms with Gasteiger partial charge in [-0.05, 0) is 51.4 Å². The summed E-state index contributed by atoms with van der Waals surface area (Å²) in [4.78, 5) is 2.54. The third kappa shape index (κ3) is 5.80. The number of aliphatic hydroxyl groups excluding tert-OH is 1. The molecule has 114 valence electrons. The summed E-state index contributed by atoms with van der Waals surface area (Å²) in [6, 6.07) is 1.35. The number of hydrogen-bond donors (Lipinski definition) is 2. The van der Waals surface area contributed by atoms with Gasteiger partial charge in [-0.15, -0.1) is 0 Å². The van der Waals surface area contributed by atoms with Crippen molar-refractivity contribution in [1.29, 1.82) is 0 Å². The maximum absolute atomic E-state index is 9.06. The molecule has 1 aliphatic carbocycles. The highest BCUT2D eigenvalue weighted by Gasteiger charge is 2.32. The molecule has 0 unspecified atom stereocenters.